The second-order valence-electron chi connectivity index (χ2n) is 3.67. The molecule has 0 aliphatic heterocycles. The predicted octanol–water partition coefficient (Wildman–Crippen LogP) is -1.17. The van der Waals surface area contributed by atoms with Gasteiger partial charge in [-0.15, -0.1) is 0 Å². The number of hydrogen-bond donors (Lipinski definition) is 2. The fourth-order valence-corrected chi connectivity index (χ4v) is 1.22. The smallest absolute Gasteiger partial charge is 0.237 e. The first-order valence-corrected chi connectivity index (χ1v) is 5.16. The van der Waals surface area contributed by atoms with Crippen molar-refractivity contribution in [2.45, 2.75) is 6.92 Å². The van der Waals surface area contributed by atoms with Gasteiger partial charge in [-0.25, -0.2) is 0 Å². The van der Waals surface area contributed by atoms with Crippen molar-refractivity contribution in [3.05, 3.63) is 0 Å². The maximum atomic E-state index is 10.9. The number of anilines is 3. The molecular formula is C9H17N7O. The monoisotopic (exact) mass is 239 g/mol. The van der Waals surface area contributed by atoms with E-state index in [1.54, 1.807) is 23.9 Å². The van der Waals surface area contributed by atoms with Crippen molar-refractivity contribution in [1.82, 2.24) is 15.0 Å². The van der Waals surface area contributed by atoms with E-state index in [4.69, 9.17) is 11.5 Å². The lowest BCUT2D eigenvalue weighted by Gasteiger charge is -2.20. The molecule has 17 heavy (non-hydrogen) atoms. The number of carbonyl (C=O) groups is 1. The van der Waals surface area contributed by atoms with Crippen molar-refractivity contribution in [3.8, 4) is 0 Å². The molecule has 0 radical (unpaired) electrons. The van der Waals surface area contributed by atoms with E-state index in [0.29, 0.717) is 18.4 Å². The molecule has 0 aliphatic carbocycles. The van der Waals surface area contributed by atoms with E-state index in [1.165, 1.54) is 0 Å². The highest BCUT2D eigenvalue weighted by molar-refractivity contribution is 5.78. The van der Waals surface area contributed by atoms with Crippen LogP contribution >= 0.6 is 0 Å². The third kappa shape index (κ3) is 3.44. The van der Waals surface area contributed by atoms with Crippen molar-refractivity contribution in [1.29, 1.82) is 0 Å². The van der Waals surface area contributed by atoms with Gasteiger partial charge in [0, 0.05) is 20.6 Å². The van der Waals surface area contributed by atoms with Gasteiger partial charge in [-0.2, -0.15) is 15.0 Å². The lowest BCUT2D eigenvalue weighted by molar-refractivity contribution is -0.116. The summed E-state index contributed by atoms with van der Waals surface area (Å²) in [4.78, 5) is 26.4. The summed E-state index contributed by atoms with van der Waals surface area (Å²) in [5.41, 5.74) is 10.7. The summed E-state index contributed by atoms with van der Waals surface area (Å²) in [6, 6.07) is 0. The first kappa shape index (κ1) is 12.9. The largest absolute Gasteiger partial charge is 0.368 e. The topological polar surface area (TPSA) is 114 Å². The number of carbonyl (C=O) groups excluding carboxylic acids is 1. The minimum absolute atomic E-state index is 0.0484. The van der Waals surface area contributed by atoms with Gasteiger partial charge in [0.05, 0.1) is 6.54 Å². The zero-order valence-corrected chi connectivity index (χ0v) is 10.2. The Morgan fingerprint density at radius 1 is 1.24 bits per heavy atom. The summed E-state index contributed by atoms with van der Waals surface area (Å²) in [7, 11) is 3.59. The molecule has 0 saturated carbocycles. The average Bonchev–Trinajstić information content (AvgIpc) is 2.24. The Hall–Kier alpha value is -2.12. The zero-order chi connectivity index (χ0) is 13.0. The van der Waals surface area contributed by atoms with Crippen LogP contribution in [0.3, 0.4) is 0 Å². The fourth-order valence-electron chi connectivity index (χ4n) is 1.22. The molecule has 1 heterocycles. The number of nitrogen functional groups attached to an aromatic ring is 1. The number of primary amides is 1. The lowest BCUT2D eigenvalue weighted by Crippen LogP contribution is -2.35. The van der Waals surface area contributed by atoms with Gasteiger partial charge in [0.25, 0.3) is 0 Å². The molecule has 0 unspecified atom stereocenters. The molecule has 0 atom stereocenters. The Labute approximate surface area is 99.6 Å². The molecule has 4 N–H and O–H groups in total. The third-order valence-corrected chi connectivity index (χ3v) is 2.04. The van der Waals surface area contributed by atoms with Crippen LogP contribution in [0.4, 0.5) is 17.8 Å². The van der Waals surface area contributed by atoms with Gasteiger partial charge >= 0.3 is 0 Å². The normalized spacial score (nSPS) is 10.1. The zero-order valence-electron chi connectivity index (χ0n) is 10.2. The first-order valence-electron chi connectivity index (χ1n) is 5.16. The highest BCUT2D eigenvalue weighted by Crippen LogP contribution is 2.12. The van der Waals surface area contributed by atoms with Crippen molar-refractivity contribution in [2.75, 3.05) is 42.7 Å². The van der Waals surface area contributed by atoms with Crippen LogP contribution in [0, 0.1) is 0 Å². The number of rotatable bonds is 5. The van der Waals surface area contributed by atoms with Crippen LogP contribution in [0.5, 0.6) is 0 Å². The van der Waals surface area contributed by atoms with Gasteiger partial charge in [0.15, 0.2) is 0 Å². The van der Waals surface area contributed by atoms with E-state index in [0.717, 1.165) is 0 Å². The second-order valence-corrected chi connectivity index (χ2v) is 3.67. The number of nitrogens with two attached hydrogens (primary N) is 2. The fraction of sp³-hybridized carbons (Fsp3) is 0.556. The molecule has 0 aliphatic rings. The Morgan fingerprint density at radius 2 is 1.82 bits per heavy atom. The van der Waals surface area contributed by atoms with Gasteiger partial charge in [-0.3, -0.25) is 4.79 Å². The molecule has 1 aromatic heterocycles. The Balaban J connectivity index is 3.06. The van der Waals surface area contributed by atoms with E-state index in [1.807, 2.05) is 6.92 Å². The molecule has 0 saturated heterocycles. The van der Waals surface area contributed by atoms with Gasteiger partial charge in [-0.05, 0) is 6.92 Å². The standard InChI is InChI=1S/C9H17N7O/c1-4-16(5-6(10)17)9-13-7(11)12-8(14-9)15(2)3/h4-5H2,1-3H3,(H2,10,17)(H2,11,12,13,14). The van der Waals surface area contributed by atoms with Gasteiger partial charge < -0.3 is 21.3 Å². The maximum Gasteiger partial charge on any atom is 0.237 e. The summed E-state index contributed by atoms with van der Waals surface area (Å²) in [6.45, 7) is 2.48. The van der Waals surface area contributed by atoms with Crippen LogP contribution in [0.15, 0.2) is 0 Å². The molecule has 0 spiro atoms. The first-order chi connectivity index (χ1) is 7.93. The van der Waals surface area contributed by atoms with Crippen LogP contribution in [-0.2, 0) is 4.79 Å². The van der Waals surface area contributed by atoms with Crippen LogP contribution in [0.2, 0.25) is 0 Å². The summed E-state index contributed by atoms with van der Waals surface area (Å²) in [5, 5.41) is 0. The molecule has 94 valence electrons. The van der Waals surface area contributed by atoms with Crippen LogP contribution in [0.1, 0.15) is 6.92 Å². The lowest BCUT2D eigenvalue weighted by atomic mass is 10.5. The minimum Gasteiger partial charge on any atom is -0.368 e. The number of aromatic nitrogens is 3. The number of nitrogens with zero attached hydrogens (tertiary/aromatic N) is 5. The average molecular weight is 239 g/mol. The minimum atomic E-state index is -0.447. The Kier molecular flexibility index (Phi) is 4.02. The van der Waals surface area contributed by atoms with Gasteiger partial charge in [0.2, 0.25) is 23.8 Å². The second kappa shape index (κ2) is 5.28. The molecule has 1 rings (SSSR count). The quantitative estimate of drug-likeness (QED) is 0.665. The summed E-state index contributed by atoms with van der Waals surface area (Å²) < 4.78 is 0. The van der Waals surface area contributed by atoms with Gasteiger partial charge in [0.1, 0.15) is 0 Å². The van der Waals surface area contributed by atoms with E-state index < -0.39 is 5.91 Å². The van der Waals surface area contributed by atoms with Crippen LogP contribution in [0.25, 0.3) is 0 Å². The number of likely N-dealkylation sites (N-methyl/N-ethyl adjacent to an activating group) is 1. The summed E-state index contributed by atoms with van der Waals surface area (Å²) >= 11 is 0. The summed E-state index contributed by atoms with van der Waals surface area (Å²) in [6.07, 6.45) is 0. The third-order valence-electron chi connectivity index (χ3n) is 2.04. The van der Waals surface area contributed by atoms with E-state index in [9.17, 15) is 4.79 Å². The summed E-state index contributed by atoms with van der Waals surface area (Å²) in [5.74, 6) is 0.455. The number of amides is 1. The van der Waals surface area contributed by atoms with Crippen molar-refractivity contribution < 1.29 is 4.79 Å². The molecule has 0 aromatic carbocycles. The van der Waals surface area contributed by atoms with Crippen molar-refractivity contribution in [2.24, 2.45) is 5.73 Å². The van der Waals surface area contributed by atoms with Crippen LogP contribution in [-0.4, -0.2) is 48.0 Å². The molecule has 1 aromatic rings. The molecule has 1 amide bonds. The number of hydrogen-bond acceptors (Lipinski definition) is 7. The van der Waals surface area contributed by atoms with Gasteiger partial charge in [-0.1, -0.05) is 0 Å². The highest BCUT2D eigenvalue weighted by atomic mass is 16.1. The molecule has 8 nitrogen and oxygen atoms in total. The van der Waals surface area contributed by atoms with E-state index in [2.05, 4.69) is 15.0 Å². The molecule has 8 heteroatoms. The molecule has 0 bridgehead atoms. The van der Waals surface area contributed by atoms with Crippen molar-refractivity contribution >= 4 is 23.8 Å². The molecule has 0 fully saturated rings. The Morgan fingerprint density at radius 3 is 2.29 bits per heavy atom. The van der Waals surface area contributed by atoms with Crippen LogP contribution < -0.4 is 21.3 Å². The SMILES string of the molecule is CCN(CC(N)=O)c1nc(N)nc(N(C)C)n1. The van der Waals surface area contributed by atoms with E-state index >= 15 is 0 Å². The molecular weight excluding hydrogens is 222 g/mol. The Bertz CT molecular complexity index is 406. The maximum absolute atomic E-state index is 10.9. The highest BCUT2D eigenvalue weighted by Gasteiger charge is 2.13. The van der Waals surface area contributed by atoms with Crippen molar-refractivity contribution in [3.63, 3.8) is 0 Å². The predicted molar refractivity (Wildman–Crippen MR) is 65.6 cm³/mol. The van der Waals surface area contributed by atoms with E-state index in [-0.39, 0.29) is 12.5 Å².